The van der Waals surface area contributed by atoms with Crippen LogP contribution >= 0.6 is 11.8 Å². The molecule has 6 heteroatoms. The summed E-state index contributed by atoms with van der Waals surface area (Å²) in [4.78, 5) is 1.07. The Hall–Kier alpha value is -1.93. The first-order chi connectivity index (χ1) is 16.6. The Morgan fingerprint density at radius 3 is 1.83 bits per heavy atom. The molecule has 1 saturated heterocycles. The lowest BCUT2D eigenvalue weighted by Gasteiger charge is -2.43. The van der Waals surface area contributed by atoms with E-state index in [1.165, 1.54) is 10.4 Å². The summed E-state index contributed by atoms with van der Waals surface area (Å²) in [6, 6.07) is 31.0. The Kier molecular flexibility index (Phi) is 7.91. The monoisotopic (exact) mass is 508 g/mol. The summed E-state index contributed by atoms with van der Waals surface area (Å²) >= 11 is 1.57. The predicted octanol–water partition coefficient (Wildman–Crippen LogP) is 5.19. The molecule has 3 aromatic carbocycles. The molecule has 0 aromatic heterocycles. The topological polar surface area (TPSA) is 47.9 Å². The highest BCUT2D eigenvalue weighted by atomic mass is 32.2. The van der Waals surface area contributed by atoms with E-state index in [9.17, 15) is 5.11 Å². The molecule has 1 aliphatic rings. The Labute approximate surface area is 214 Å². The first-order valence-electron chi connectivity index (χ1n) is 12.1. The molecule has 3 atom stereocenters. The van der Waals surface area contributed by atoms with Gasteiger partial charge in [0.1, 0.15) is 17.6 Å². The van der Waals surface area contributed by atoms with Gasteiger partial charge in [-0.25, -0.2) is 0 Å². The van der Waals surface area contributed by atoms with Gasteiger partial charge >= 0.3 is 0 Å². The predicted molar refractivity (Wildman–Crippen MR) is 146 cm³/mol. The first-order valence-corrected chi connectivity index (χ1v) is 14.9. The Balaban J connectivity index is 1.63. The summed E-state index contributed by atoms with van der Waals surface area (Å²) in [5.41, 5.74) is -0.342. The molecule has 0 amide bonds. The number of aliphatic hydroxyl groups is 1. The zero-order valence-corrected chi connectivity index (χ0v) is 23.0. The zero-order valence-electron chi connectivity index (χ0n) is 21.2. The van der Waals surface area contributed by atoms with Gasteiger partial charge in [-0.05, 0) is 41.4 Å². The van der Waals surface area contributed by atoms with Crippen LogP contribution in [0.1, 0.15) is 34.6 Å². The SMILES string of the molecule is CC1(C)O[C@H]([C@H](O)CO[Si](c2ccccc2)(c2ccccc2)C(C)(C)C)[C@H](Sc2ccccc2)O1. The van der Waals surface area contributed by atoms with Crippen molar-refractivity contribution in [2.45, 2.75) is 68.0 Å². The number of ether oxygens (including phenoxy) is 2. The second-order valence-corrected chi connectivity index (χ2v) is 15.9. The molecular weight excluding hydrogens is 472 g/mol. The third kappa shape index (κ3) is 5.74. The highest BCUT2D eigenvalue weighted by Crippen LogP contribution is 2.40. The quantitative estimate of drug-likeness (QED) is 0.424. The second-order valence-electron chi connectivity index (χ2n) is 10.4. The van der Waals surface area contributed by atoms with Crippen LogP contribution in [0, 0.1) is 0 Å². The highest BCUT2D eigenvalue weighted by Gasteiger charge is 2.52. The molecular formula is C29H36O4SSi. The van der Waals surface area contributed by atoms with Crippen LogP contribution in [0.25, 0.3) is 0 Å². The maximum absolute atomic E-state index is 11.4. The zero-order chi connectivity index (χ0) is 25.1. The number of thioether (sulfide) groups is 1. The molecule has 0 saturated carbocycles. The Bertz CT molecular complexity index is 1030. The average Bonchev–Trinajstić information content (AvgIpc) is 3.14. The van der Waals surface area contributed by atoms with E-state index in [1.807, 2.05) is 56.3 Å². The molecule has 3 aromatic rings. The number of aliphatic hydroxyl groups excluding tert-OH is 1. The van der Waals surface area contributed by atoms with Gasteiger partial charge in [-0.1, -0.05) is 111 Å². The molecule has 4 nitrogen and oxygen atoms in total. The van der Waals surface area contributed by atoms with E-state index in [1.54, 1.807) is 11.8 Å². The third-order valence-electron chi connectivity index (χ3n) is 6.35. The molecule has 186 valence electrons. The van der Waals surface area contributed by atoms with E-state index in [0.717, 1.165) is 4.90 Å². The van der Waals surface area contributed by atoms with Gasteiger partial charge in [0.25, 0.3) is 8.32 Å². The van der Waals surface area contributed by atoms with Crippen molar-refractivity contribution in [1.29, 1.82) is 0 Å². The first kappa shape index (κ1) is 26.1. The number of hydrogen-bond acceptors (Lipinski definition) is 5. The summed E-state index contributed by atoms with van der Waals surface area (Å²) in [6.07, 6.45) is -1.37. The largest absolute Gasteiger partial charge is 0.405 e. The maximum Gasteiger partial charge on any atom is 0.261 e. The van der Waals surface area contributed by atoms with Crippen LogP contribution in [0.2, 0.25) is 5.04 Å². The van der Waals surface area contributed by atoms with Crippen molar-refractivity contribution < 1.29 is 19.0 Å². The molecule has 1 fully saturated rings. The van der Waals surface area contributed by atoms with Crippen molar-refractivity contribution in [3.63, 3.8) is 0 Å². The van der Waals surface area contributed by atoms with Crippen molar-refractivity contribution in [3.05, 3.63) is 91.0 Å². The normalized spacial score (nSPS) is 21.1. The van der Waals surface area contributed by atoms with E-state index in [4.69, 9.17) is 13.9 Å². The Morgan fingerprint density at radius 2 is 1.34 bits per heavy atom. The van der Waals surface area contributed by atoms with Gasteiger partial charge in [-0.15, -0.1) is 0 Å². The summed E-state index contributed by atoms with van der Waals surface area (Å²) < 4.78 is 19.3. The van der Waals surface area contributed by atoms with E-state index in [2.05, 4.69) is 69.3 Å². The third-order valence-corrected chi connectivity index (χ3v) is 12.5. The molecule has 4 rings (SSSR count). The molecule has 0 radical (unpaired) electrons. The summed E-state index contributed by atoms with van der Waals surface area (Å²) in [5, 5.41) is 13.6. The average molecular weight is 509 g/mol. The van der Waals surface area contributed by atoms with Crippen molar-refractivity contribution in [3.8, 4) is 0 Å². The van der Waals surface area contributed by atoms with Gasteiger partial charge < -0.3 is 19.0 Å². The number of rotatable bonds is 8. The van der Waals surface area contributed by atoms with Crippen molar-refractivity contribution in [2.75, 3.05) is 6.61 Å². The maximum atomic E-state index is 11.4. The second kappa shape index (κ2) is 10.6. The van der Waals surface area contributed by atoms with Gasteiger partial charge in [0.05, 0.1) is 6.61 Å². The van der Waals surface area contributed by atoms with E-state index >= 15 is 0 Å². The molecule has 1 N–H and O–H groups in total. The lowest BCUT2D eigenvalue weighted by Crippen LogP contribution is -2.67. The fourth-order valence-corrected chi connectivity index (χ4v) is 10.6. The Morgan fingerprint density at radius 1 is 0.857 bits per heavy atom. The van der Waals surface area contributed by atoms with Gasteiger partial charge in [0.15, 0.2) is 5.79 Å². The molecule has 1 aliphatic heterocycles. The smallest absolute Gasteiger partial charge is 0.261 e. The van der Waals surface area contributed by atoms with Crippen LogP contribution in [0.15, 0.2) is 95.9 Å². The summed E-state index contributed by atoms with van der Waals surface area (Å²) in [6.45, 7) is 10.6. The molecule has 1 heterocycles. The van der Waals surface area contributed by atoms with Crippen LogP contribution in [-0.4, -0.2) is 43.5 Å². The fourth-order valence-electron chi connectivity index (χ4n) is 4.81. The van der Waals surface area contributed by atoms with Crippen molar-refractivity contribution in [2.24, 2.45) is 0 Å². The molecule has 0 bridgehead atoms. The van der Waals surface area contributed by atoms with Crippen LogP contribution in [0.5, 0.6) is 0 Å². The standard InChI is InChI=1S/C29H36O4SSi/c1-28(2,3)35(23-17-11-7-12-18-23,24-19-13-8-14-20-24)31-21-25(30)26-27(33-29(4,5)32-26)34-22-15-9-6-10-16-22/h6-20,25-27,30H,21H2,1-5H3/t25-,26-,27+/m1/s1. The van der Waals surface area contributed by atoms with Gasteiger partial charge in [0, 0.05) is 4.90 Å². The van der Waals surface area contributed by atoms with Gasteiger partial charge in [-0.3, -0.25) is 0 Å². The molecule has 0 spiro atoms. The van der Waals surface area contributed by atoms with Crippen LogP contribution < -0.4 is 10.4 Å². The van der Waals surface area contributed by atoms with E-state index in [-0.39, 0.29) is 17.1 Å². The van der Waals surface area contributed by atoms with Crippen molar-refractivity contribution in [1.82, 2.24) is 0 Å². The van der Waals surface area contributed by atoms with Crippen molar-refractivity contribution >= 4 is 30.5 Å². The number of hydrogen-bond donors (Lipinski definition) is 1. The summed E-state index contributed by atoms with van der Waals surface area (Å²) in [5.74, 6) is -0.782. The number of benzene rings is 3. The van der Waals surface area contributed by atoms with Gasteiger partial charge in [0.2, 0.25) is 0 Å². The van der Waals surface area contributed by atoms with Crippen LogP contribution in [0.3, 0.4) is 0 Å². The summed E-state index contributed by atoms with van der Waals surface area (Å²) in [7, 11) is -2.76. The van der Waals surface area contributed by atoms with Gasteiger partial charge in [-0.2, -0.15) is 0 Å². The minimum absolute atomic E-state index is 0.156. The lowest BCUT2D eigenvalue weighted by atomic mass is 10.2. The molecule has 0 unspecified atom stereocenters. The fraction of sp³-hybridized carbons (Fsp3) is 0.379. The highest BCUT2D eigenvalue weighted by molar-refractivity contribution is 7.99. The lowest BCUT2D eigenvalue weighted by molar-refractivity contribution is -0.154. The molecule has 35 heavy (non-hydrogen) atoms. The minimum atomic E-state index is -2.76. The minimum Gasteiger partial charge on any atom is -0.405 e. The van der Waals surface area contributed by atoms with Crippen LogP contribution in [0.4, 0.5) is 0 Å². The van der Waals surface area contributed by atoms with Crippen LogP contribution in [-0.2, 0) is 13.9 Å². The van der Waals surface area contributed by atoms with E-state index < -0.39 is 26.3 Å². The molecule has 0 aliphatic carbocycles. The van der Waals surface area contributed by atoms with E-state index in [0.29, 0.717) is 0 Å².